The Balaban J connectivity index is 1.50. The SMILES string of the molecule is Cc1cccc(-n2nnc(C(=O)N3CCCC3CCc3ccccc3)c2C)c1. The van der Waals surface area contributed by atoms with Crippen LogP contribution in [0.4, 0.5) is 0 Å². The Morgan fingerprint density at radius 2 is 1.93 bits per heavy atom. The van der Waals surface area contributed by atoms with Gasteiger partial charge in [0.05, 0.1) is 11.4 Å². The van der Waals surface area contributed by atoms with E-state index in [-0.39, 0.29) is 11.9 Å². The molecule has 0 saturated carbocycles. The van der Waals surface area contributed by atoms with Crippen LogP contribution < -0.4 is 0 Å². The van der Waals surface area contributed by atoms with Crippen molar-refractivity contribution in [3.63, 3.8) is 0 Å². The van der Waals surface area contributed by atoms with Gasteiger partial charge >= 0.3 is 0 Å². The third-order valence-corrected chi connectivity index (χ3v) is 5.59. The van der Waals surface area contributed by atoms with Crippen molar-refractivity contribution in [2.24, 2.45) is 0 Å². The summed E-state index contributed by atoms with van der Waals surface area (Å²) in [6, 6.07) is 18.8. The van der Waals surface area contributed by atoms with Gasteiger partial charge in [0.15, 0.2) is 5.69 Å². The molecule has 1 fully saturated rings. The minimum Gasteiger partial charge on any atom is -0.334 e. The summed E-state index contributed by atoms with van der Waals surface area (Å²) >= 11 is 0. The van der Waals surface area contributed by atoms with Gasteiger partial charge in [-0.1, -0.05) is 47.7 Å². The fourth-order valence-electron chi connectivity index (χ4n) is 4.05. The first-order valence-corrected chi connectivity index (χ1v) is 9.98. The smallest absolute Gasteiger partial charge is 0.276 e. The van der Waals surface area contributed by atoms with Gasteiger partial charge in [-0.25, -0.2) is 4.68 Å². The molecule has 5 nitrogen and oxygen atoms in total. The molecule has 1 saturated heterocycles. The van der Waals surface area contributed by atoms with E-state index in [1.807, 2.05) is 43.0 Å². The van der Waals surface area contributed by atoms with Crippen LogP contribution in [0.5, 0.6) is 0 Å². The normalized spacial score (nSPS) is 16.5. The molecule has 2 heterocycles. The van der Waals surface area contributed by atoms with E-state index in [9.17, 15) is 4.79 Å². The number of hydrogen-bond acceptors (Lipinski definition) is 3. The van der Waals surface area contributed by atoms with Crippen LogP contribution in [-0.2, 0) is 6.42 Å². The molecule has 0 spiro atoms. The summed E-state index contributed by atoms with van der Waals surface area (Å²) in [7, 11) is 0. The van der Waals surface area contributed by atoms with Gasteiger partial charge in [-0.2, -0.15) is 0 Å². The van der Waals surface area contributed by atoms with Gasteiger partial charge in [-0.15, -0.1) is 5.10 Å². The average molecular weight is 374 g/mol. The standard InChI is InChI=1S/C23H26N4O/c1-17-8-6-11-21(16-17)27-18(2)22(24-25-27)23(28)26-15-7-12-20(26)14-13-19-9-4-3-5-10-19/h3-6,8-11,16,20H,7,12-15H2,1-2H3. The van der Waals surface area contributed by atoms with Crippen molar-refractivity contribution >= 4 is 5.91 Å². The molecule has 2 aromatic carbocycles. The van der Waals surface area contributed by atoms with Gasteiger partial charge in [0, 0.05) is 12.6 Å². The summed E-state index contributed by atoms with van der Waals surface area (Å²) in [5.74, 6) is 0.00645. The Kier molecular flexibility index (Phi) is 5.24. The second-order valence-electron chi connectivity index (χ2n) is 7.59. The summed E-state index contributed by atoms with van der Waals surface area (Å²) in [6.45, 7) is 4.77. The average Bonchev–Trinajstić information content (AvgIpc) is 3.33. The van der Waals surface area contributed by atoms with Gasteiger partial charge in [0.1, 0.15) is 0 Å². The summed E-state index contributed by atoms with van der Waals surface area (Å²) in [5, 5.41) is 8.50. The molecular formula is C23H26N4O. The number of aryl methyl sites for hydroxylation is 2. The van der Waals surface area contributed by atoms with Crippen molar-refractivity contribution in [3.8, 4) is 5.69 Å². The molecule has 144 valence electrons. The maximum atomic E-state index is 13.2. The first-order valence-electron chi connectivity index (χ1n) is 9.98. The predicted octanol–water partition coefficient (Wildman–Crippen LogP) is 4.12. The number of carbonyl (C=O) groups is 1. The van der Waals surface area contributed by atoms with Crippen LogP contribution >= 0.6 is 0 Å². The zero-order valence-electron chi connectivity index (χ0n) is 16.5. The lowest BCUT2D eigenvalue weighted by molar-refractivity contribution is 0.0724. The molecule has 0 aliphatic carbocycles. The first kappa shape index (κ1) is 18.4. The number of likely N-dealkylation sites (tertiary alicyclic amines) is 1. The molecule has 0 radical (unpaired) electrons. The molecule has 1 aliphatic heterocycles. The molecule has 0 bridgehead atoms. The minimum absolute atomic E-state index is 0.00645. The highest BCUT2D eigenvalue weighted by molar-refractivity contribution is 5.93. The lowest BCUT2D eigenvalue weighted by Crippen LogP contribution is -2.36. The zero-order valence-corrected chi connectivity index (χ0v) is 16.5. The number of rotatable bonds is 5. The van der Waals surface area contributed by atoms with Gasteiger partial charge in [0.2, 0.25) is 0 Å². The Morgan fingerprint density at radius 3 is 2.71 bits per heavy atom. The monoisotopic (exact) mass is 374 g/mol. The lowest BCUT2D eigenvalue weighted by atomic mass is 10.0. The van der Waals surface area contributed by atoms with Crippen molar-refractivity contribution in [3.05, 3.63) is 77.1 Å². The Bertz CT molecular complexity index is 964. The van der Waals surface area contributed by atoms with Crippen LogP contribution in [0.2, 0.25) is 0 Å². The van der Waals surface area contributed by atoms with E-state index < -0.39 is 0 Å². The Labute approximate surface area is 166 Å². The maximum absolute atomic E-state index is 13.2. The van der Waals surface area contributed by atoms with E-state index in [1.165, 1.54) is 5.56 Å². The fraction of sp³-hybridized carbons (Fsp3) is 0.348. The number of hydrogen-bond donors (Lipinski definition) is 0. The molecular weight excluding hydrogens is 348 g/mol. The number of amides is 1. The largest absolute Gasteiger partial charge is 0.334 e. The third-order valence-electron chi connectivity index (χ3n) is 5.59. The van der Waals surface area contributed by atoms with E-state index >= 15 is 0 Å². The number of aromatic nitrogens is 3. The molecule has 1 atom stereocenters. The van der Waals surface area contributed by atoms with Crippen LogP contribution in [0.15, 0.2) is 54.6 Å². The first-order chi connectivity index (χ1) is 13.6. The van der Waals surface area contributed by atoms with Crippen LogP contribution in [0.25, 0.3) is 5.69 Å². The van der Waals surface area contributed by atoms with Gasteiger partial charge < -0.3 is 4.90 Å². The van der Waals surface area contributed by atoms with E-state index in [4.69, 9.17) is 0 Å². The van der Waals surface area contributed by atoms with Crippen LogP contribution in [-0.4, -0.2) is 38.4 Å². The summed E-state index contributed by atoms with van der Waals surface area (Å²) in [6.07, 6.45) is 4.09. The highest BCUT2D eigenvalue weighted by atomic mass is 16.2. The molecule has 3 aromatic rings. The third kappa shape index (κ3) is 3.70. The van der Waals surface area contributed by atoms with E-state index in [0.717, 1.165) is 49.2 Å². The highest BCUT2D eigenvalue weighted by Crippen LogP contribution is 2.25. The molecule has 0 N–H and O–H groups in total. The number of nitrogens with zero attached hydrogens (tertiary/aromatic N) is 4. The fourth-order valence-corrected chi connectivity index (χ4v) is 4.05. The Morgan fingerprint density at radius 1 is 1.11 bits per heavy atom. The summed E-state index contributed by atoms with van der Waals surface area (Å²) in [4.78, 5) is 15.2. The molecule has 28 heavy (non-hydrogen) atoms. The van der Waals surface area contributed by atoms with E-state index in [0.29, 0.717) is 5.69 Å². The summed E-state index contributed by atoms with van der Waals surface area (Å²) in [5.41, 5.74) is 4.67. The predicted molar refractivity (Wildman–Crippen MR) is 110 cm³/mol. The second-order valence-corrected chi connectivity index (χ2v) is 7.59. The van der Waals surface area contributed by atoms with Crippen molar-refractivity contribution in [1.29, 1.82) is 0 Å². The van der Waals surface area contributed by atoms with Gasteiger partial charge in [-0.05, 0) is 62.8 Å². The number of benzene rings is 2. The second kappa shape index (κ2) is 7.97. The molecule has 1 unspecified atom stereocenters. The van der Waals surface area contributed by atoms with Crippen molar-refractivity contribution < 1.29 is 4.79 Å². The molecule has 4 rings (SSSR count). The molecule has 5 heteroatoms. The number of carbonyl (C=O) groups excluding carboxylic acids is 1. The van der Waals surface area contributed by atoms with E-state index in [1.54, 1.807) is 4.68 Å². The van der Waals surface area contributed by atoms with Gasteiger partial charge in [-0.3, -0.25) is 4.79 Å². The lowest BCUT2D eigenvalue weighted by Gasteiger charge is -2.24. The van der Waals surface area contributed by atoms with Gasteiger partial charge in [0.25, 0.3) is 5.91 Å². The van der Waals surface area contributed by atoms with Crippen LogP contribution in [0.3, 0.4) is 0 Å². The zero-order chi connectivity index (χ0) is 19.5. The quantitative estimate of drug-likeness (QED) is 0.675. The molecule has 1 amide bonds. The topological polar surface area (TPSA) is 51.0 Å². The highest BCUT2D eigenvalue weighted by Gasteiger charge is 2.32. The molecule has 1 aliphatic rings. The Hall–Kier alpha value is -2.95. The summed E-state index contributed by atoms with van der Waals surface area (Å²) < 4.78 is 1.76. The van der Waals surface area contributed by atoms with Crippen LogP contribution in [0.1, 0.15) is 46.6 Å². The van der Waals surface area contributed by atoms with Crippen molar-refractivity contribution in [2.45, 2.75) is 45.6 Å². The van der Waals surface area contributed by atoms with E-state index in [2.05, 4.69) is 40.6 Å². The maximum Gasteiger partial charge on any atom is 0.276 e. The van der Waals surface area contributed by atoms with Crippen molar-refractivity contribution in [2.75, 3.05) is 6.54 Å². The van der Waals surface area contributed by atoms with Crippen molar-refractivity contribution in [1.82, 2.24) is 19.9 Å². The minimum atomic E-state index is 0.00645. The van der Waals surface area contributed by atoms with Crippen LogP contribution in [0, 0.1) is 13.8 Å². The molecule has 1 aromatic heterocycles.